The number of rotatable bonds is 7. The second kappa shape index (κ2) is 6.60. The van der Waals surface area contributed by atoms with Crippen LogP contribution >= 0.6 is 11.8 Å². The van der Waals surface area contributed by atoms with Crippen LogP contribution in [-0.2, 0) is 15.8 Å². The largest absolute Gasteiger partial charge is 0.398 e. The van der Waals surface area contributed by atoms with Gasteiger partial charge < -0.3 is 10.8 Å². The second-order valence-electron chi connectivity index (χ2n) is 4.71. The number of hydrogen-bond donors (Lipinski definition) is 3. The molecule has 19 heavy (non-hydrogen) atoms. The number of nitrogens with one attached hydrogen (secondary N) is 1. The van der Waals surface area contributed by atoms with E-state index in [1.165, 1.54) is 11.8 Å². The zero-order chi connectivity index (χ0) is 14.5. The fraction of sp³-hybridized carbons (Fsp3) is 0.500. The first-order valence-corrected chi connectivity index (χ1v) is 8.82. The van der Waals surface area contributed by atoms with Crippen molar-refractivity contribution in [1.82, 2.24) is 4.72 Å². The summed E-state index contributed by atoms with van der Waals surface area (Å²) in [7, 11) is -3.51. The van der Waals surface area contributed by atoms with E-state index >= 15 is 0 Å². The molecule has 1 atom stereocenters. The van der Waals surface area contributed by atoms with Gasteiger partial charge in [0.15, 0.2) is 0 Å². The second-order valence-corrected chi connectivity index (χ2v) is 7.38. The van der Waals surface area contributed by atoms with E-state index in [0.29, 0.717) is 17.0 Å². The topological polar surface area (TPSA) is 92.4 Å². The minimum Gasteiger partial charge on any atom is -0.398 e. The molecule has 7 heteroatoms. The molecular weight excluding hydrogens is 284 g/mol. The van der Waals surface area contributed by atoms with Gasteiger partial charge in [-0.3, -0.25) is 0 Å². The molecule has 0 radical (unpaired) electrons. The average Bonchev–Trinajstić information content (AvgIpc) is 2.30. The molecule has 1 aromatic rings. The van der Waals surface area contributed by atoms with Crippen LogP contribution in [0.1, 0.15) is 12.5 Å². The fourth-order valence-electron chi connectivity index (χ4n) is 1.55. The Labute approximate surface area is 118 Å². The molecule has 0 spiro atoms. The molecule has 0 aliphatic heterocycles. The molecule has 0 aromatic heterocycles. The molecule has 1 unspecified atom stereocenters. The van der Waals surface area contributed by atoms with Gasteiger partial charge in [-0.2, -0.15) is 11.8 Å². The third kappa shape index (κ3) is 5.82. The quantitative estimate of drug-likeness (QED) is 0.648. The van der Waals surface area contributed by atoms with Gasteiger partial charge in [-0.05, 0) is 24.8 Å². The number of anilines is 1. The van der Waals surface area contributed by atoms with Crippen LogP contribution in [0.15, 0.2) is 24.3 Å². The van der Waals surface area contributed by atoms with Crippen molar-refractivity contribution >= 4 is 27.5 Å². The van der Waals surface area contributed by atoms with Crippen molar-refractivity contribution in [2.45, 2.75) is 18.3 Å². The molecule has 0 aliphatic rings. The Hall–Kier alpha value is -0.760. The zero-order valence-corrected chi connectivity index (χ0v) is 12.7. The highest BCUT2D eigenvalue weighted by Crippen LogP contribution is 2.14. The summed E-state index contributed by atoms with van der Waals surface area (Å²) < 4.78 is 26.3. The van der Waals surface area contributed by atoms with Gasteiger partial charge in [0.25, 0.3) is 0 Å². The van der Waals surface area contributed by atoms with Crippen LogP contribution in [0.25, 0.3) is 0 Å². The minimum atomic E-state index is -3.51. The highest BCUT2D eigenvalue weighted by Gasteiger charge is 2.23. The van der Waals surface area contributed by atoms with Gasteiger partial charge in [0, 0.05) is 18.0 Å². The highest BCUT2D eigenvalue weighted by atomic mass is 32.2. The van der Waals surface area contributed by atoms with Crippen LogP contribution in [0, 0.1) is 0 Å². The van der Waals surface area contributed by atoms with Crippen molar-refractivity contribution in [3.8, 4) is 0 Å². The van der Waals surface area contributed by atoms with Gasteiger partial charge in [-0.25, -0.2) is 13.1 Å². The number of aliphatic hydroxyl groups is 1. The molecule has 0 bridgehead atoms. The van der Waals surface area contributed by atoms with Crippen LogP contribution in [0.2, 0.25) is 0 Å². The normalized spacial score (nSPS) is 15.1. The smallest absolute Gasteiger partial charge is 0.215 e. The van der Waals surface area contributed by atoms with Gasteiger partial charge in [-0.1, -0.05) is 18.2 Å². The molecule has 0 aliphatic carbocycles. The number of hydrogen-bond acceptors (Lipinski definition) is 5. The van der Waals surface area contributed by atoms with E-state index in [0.717, 1.165) is 0 Å². The lowest BCUT2D eigenvalue weighted by Crippen LogP contribution is -2.42. The van der Waals surface area contributed by atoms with Gasteiger partial charge >= 0.3 is 0 Å². The van der Waals surface area contributed by atoms with Crippen molar-refractivity contribution < 1.29 is 13.5 Å². The summed E-state index contributed by atoms with van der Waals surface area (Å²) in [6.07, 6.45) is 1.85. The number of thioether (sulfide) groups is 1. The molecule has 0 amide bonds. The van der Waals surface area contributed by atoms with E-state index in [-0.39, 0.29) is 12.3 Å². The zero-order valence-electron chi connectivity index (χ0n) is 11.1. The van der Waals surface area contributed by atoms with Crippen LogP contribution in [-0.4, -0.2) is 37.7 Å². The van der Waals surface area contributed by atoms with Crippen LogP contribution in [0.4, 0.5) is 5.69 Å². The van der Waals surface area contributed by atoms with Gasteiger partial charge in [0.2, 0.25) is 10.0 Å². The molecule has 5 nitrogen and oxygen atoms in total. The van der Waals surface area contributed by atoms with Crippen molar-refractivity contribution in [3.63, 3.8) is 0 Å². The van der Waals surface area contributed by atoms with Gasteiger partial charge in [0.05, 0.1) is 11.4 Å². The van der Waals surface area contributed by atoms with Crippen molar-refractivity contribution in [3.05, 3.63) is 29.8 Å². The number of sulfonamides is 1. The average molecular weight is 304 g/mol. The Bertz CT molecular complexity index is 515. The summed E-state index contributed by atoms with van der Waals surface area (Å²) in [6, 6.07) is 6.83. The molecule has 108 valence electrons. The third-order valence-corrected chi connectivity index (χ3v) is 4.71. The van der Waals surface area contributed by atoms with E-state index in [4.69, 9.17) is 5.73 Å². The molecular formula is C12H20N2O3S2. The molecule has 0 saturated heterocycles. The fourth-order valence-corrected chi connectivity index (χ4v) is 3.58. The summed E-state index contributed by atoms with van der Waals surface area (Å²) in [6.45, 7) is 1.59. The van der Waals surface area contributed by atoms with E-state index in [9.17, 15) is 13.5 Å². The highest BCUT2D eigenvalue weighted by molar-refractivity contribution is 7.98. The number of para-hydroxylation sites is 1. The number of benzene rings is 1. The lowest BCUT2D eigenvalue weighted by molar-refractivity contribution is 0.0908. The molecule has 1 rings (SSSR count). The van der Waals surface area contributed by atoms with Crippen LogP contribution < -0.4 is 10.5 Å². The molecule has 0 fully saturated rings. The van der Waals surface area contributed by atoms with Gasteiger partial charge in [-0.15, -0.1) is 0 Å². The van der Waals surface area contributed by atoms with Crippen molar-refractivity contribution in [2.75, 3.05) is 24.3 Å². The first kappa shape index (κ1) is 16.3. The van der Waals surface area contributed by atoms with E-state index in [1.54, 1.807) is 31.2 Å². The molecule has 1 aromatic carbocycles. The Balaban J connectivity index is 2.65. The summed E-state index contributed by atoms with van der Waals surface area (Å²) in [4.78, 5) is 0. The maximum absolute atomic E-state index is 11.9. The number of nitrogens with two attached hydrogens (primary N) is 1. The standard InChI is InChI=1S/C12H20N2O3S2/c1-12(15,9-18-2)8-14-19(16,17)7-10-5-3-4-6-11(10)13/h3-6,14-15H,7-9,13H2,1-2H3. The van der Waals surface area contributed by atoms with Gasteiger partial charge in [0.1, 0.15) is 0 Å². The first-order chi connectivity index (χ1) is 8.76. The summed E-state index contributed by atoms with van der Waals surface area (Å²) >= 11 is 1.46. The van der Waals surface area contributed by atoms with E-state index < -0.39 is 15.6 Å². The van der Waals surface area contributed by atoms with Crippen molar-refractivity contribution in [1.29, 1.82) is 0 Å². The number of nitrogen functional groups attached to an aromatic ring is 1. The summed E-state index contributed by atoms with van der Waals surface area (Å²) in [5.74, 6) is 0.276. The molecule has 4 N–H and O–H groups in total. The Morgan fingerprint density at radius 2 is 2.05 bits per heavy atom. The van der Waals surface area contributed by atoms with Crippen molar-refractivity contribution in [2.24, 2.45) is 0 Å². The predicted octanol–water partition coefficient (Wildman–Crippen LogP) is 0.802. The summed E-state index contributed by atoms with van der Waals surface area (Å²) in [5.41, 5.74) is 5.65. The van der Waals surface area contributed by atoms with E-state index in [2.05, 4.69) is 4.72 Å². The van der Waals surface area contributed by atoms with Crippen LogP contribution in [0.5, 0.6) is 0 Å². The SMILES string of the molecule is CSCC(C)(O)CNS(=O)(=O)Cc1ccccc1N. The summed E-state index contributed by atoms with van der Waals surface area (Å²) in [5, 5.41) is 9.93. The predicted molar refractivity (Wildman–Crippen MR) is 80.5 cm³/mol. The van der Waals surface area contributed by atoms with E-state index in [1.807, 2.05) is 6.26 Å². The third-order valence-electron chi connectivity index (χ3n) is 2.53. The lowest BCUT2D eigenvalue weighted by atomic mass is 10.1. The molecule has 0 saturated carbocycles. The maximum atomic E-state index is 11.9. The maximum Gasteiger partial charge on any atom is 0.215 e. The minimum absolute atomic E-state index is 0.0110. The Kier molecular flexibility index (Phi) is 5.66. The van der Waals surface area contributed by atoms with Crippen LogP contribution in [0.3, 0.4) is 0 Å². The lowest BCUT2D eigenvalue weighted by Gasteiger charge is -2.22. The Morgan fingerprint density at radius 3 is 2.63 bits per heavy atom. The molecule has 0 heterocycles. The first-order valence-electron chi connectivity index (χ1n) is 5.78. The monoisotopic (exact) mass is 304 g/mol. The Morgan fingerprint density at radius 1 is 1.42 bits per heavy atom.